The van der Waals surface area contributed by atoms with E-state index in [4.69, 9.17) is 4.52 Å². The second-order valence-electron chi connectivity index (χ2n) is 3.83. The summed E-state index contributed by atoms with van der Waals surface area (Å²) < 4.78 is 6.20. The highest BCUT2D eigenvalue weighted by atomic mass is 79.9. The number of nitrogens with one attached hydrogen (secondary N) is 1. The van der Waals surface area contributed by atoms with E-state index in [1.807, 2.05) is 24.3 Å². The van der Waals surface area contributed by atoms with Gasteiger partial charge in [0.2, 0.25) is 5.89 Å². The van der Waals surface area contributed by atoms with Crippen molar-refractivity contribution >= 4 is 15.9 Å². The first-order chi connectivity index (χ1) is 8.78. The van der Waals surface area contributed by atoms with E-state index in [0.29, 0.717) is 24.7 Å². The standard InChI is InChI=1S/C13H14BrN3O/c1-2-7-15-9-13-16-12(17-18-13)8-10-3-5-11(14)6-4-10/h2-6,15H,1,7-9H2. The van der Waals surface area contributed by atoms with Crippen molar-refractivity contribution in [2.24, 2.45) is 0 Å². The van der Waals surface area contributed by atoms with Crippen LogP contribution in [0.3, 0.4) is 0 Å². The first-order valence-electron chi connectivity index (χ1n) is 5.65. The van der Waals surface area contributed by atoms with Crippen LogP contribution in [-0.2, 0) is 13.0 Å². The molecular formula is C13H14BrN3O. The summed E-state index contributed by atoms with van der Waals surface area (Å²) in [6.07, 6.45) is 2.47. The van der Waals surface area contributed by atoms with Crippen molar-refractivity contribution in [1.82, 2.24) is 15.5 Å². The molecule has 1 aromatic heterocycles. The van der Waals surface area contributed by atoms with E-state index in [1.54, 1.807) is 6.08 Å². The number of hydrogen-bond donors (Lipinski definition) is 1. The van der Waals surface area contributed by atoms with Gasteiger partial charge in [-0.1, -0.05) is 39.3 Å². The Bertz CT molecular complexity index is 507. The summed E-state index contributed by atoms with van der Waals surface area (Å²) >= 11 is 3.40. The molecule has 0 fully saturated rings. The van der Waals surface area contributed by atoms with Crippen LogP contribution in [0.4, 0.5) is 0 Å². The van der Waals surface area contributed by atoms with Gasteiger partial charge in [0.15, 0.2) is 5.82 Å². The molecule has 0 atom stereocenters. The Morgan fingerprint density at radius 2 is 2.11 bits per heavy atom. The van der Waals surface area contributed by atoms with Crippen LogP contribution >= 0.6 is 15.9 Å². The van der Waals surface area contributed by atoms with Gasteiger partial charge < -0.3 is 9.84 Å². The molecule has 1 heterocycles. The van der Waals surface area contributed by atoms with Crippen molar-refractivity contribution < 1.29 is 4.52 Å². The molecule has 0 amide bonds. The molecule has 0 aliphatic carbocycles. The molecular weight excluding hydrogens is 294 g/mol. The van der Waals surface area contributed by atoms with E-state index in [9.17, 15) is 0 Å². The molecule has 1 aromatic carbocycles. The highest BCUT2D eigenvalue weighted by Crippen LogP contribution is 2.12. The van der Waals surface area contributed by atoms with Crippen LogP contribution in [0.15, 0.2) is 45.9 Å². The maximum Gasteiger partial charge on any atom is 0.240 e. The summed E-state index contributed by atoms with van der Waals surface area (Å²) in [7, 11) is 0. The van der Waals surface area contributed by atoms with E-state index in [-0.39, 0.29) is 0 Å². The van der Waals surface area contributed by atoms with Crippen LogP contribution in [0.5, 0.6) is 0 Å². The molecule has 0 radical (unpaired) electrons. The van der Waals surface area contributed by atoms with Crippen molar-refractivity contribution in [3.05, 3.63) is 58.7 Å². The summed E-state index contributed by atoms with van der Waals surface area (Å²) in [5.74, 6) is 1.30. The van der Waals surface area contributed by atoms with E-state index >= 15 is 0 Å². The van der Waals surface area contributed by atoms with Crippen LogP contribution in [-0.4, -0.2) is 16.7 Å². The average Bonchev–Trinajstić information content (AvgIpc) is 2.80. The minimum Gasteiger partial charge on any atom is -0.338 e. The molecule has 0 unspecified atom stereocenters. The first kappa shape index (κ1) is 13.0. The summed E-state index contributed by atoms with van der Waals surface area (Å²) in [4.78, 5) is 4.31. The molecule has 0 bridgehead atoms. The minimum absolute atomic E-state index is 0.569. The van der Waals surface area contributed by atoms with Gasteiger partial charge in [-0.25, -0.2) is 0 Å². The monoisotopic (exact) mass is 307 g/mol. The lowest BCUT2D eigenvalue weighted by molar-refractivity contribution is 0.366. The highest BCUT2D eigenvalue weighted by molar-refractivity contribution is 9.10. The lowest BCUT2D eigenvalue weighted by atomic mass is 10.1. The van der Waals surface area contributed by atoms with E-state index in [1.165, 1.54) is 0 Å². The second kappa shape index (κ2) is 6.47. The number of halogens is 1. The van der Waals surface area contributed by atoms with Gasteiger partial charge >= 0.3 is 0 Å². The predicted octanol–water partition coefficient (Wildman–Crippen LogP) is 2.70. The van der Waals surface area contributed by atoms with Gasteiger partial charge in [-0.15, -0.1) is 6.58 Å². The molecule has 0 saturated carbocycles. The Balaban J connectivity index is 1.93. The van der Waals surface area contributed by atoms with Crippen LogP contribution < -0.4 is 5.32 Å². The Morgan fingerprint density at radius 3 is 2.83 bits per heavy atom. The van der Waals surface area contributed by atoms with E-state index in [2.05, 4.69) is 38.0 Å². The summed E-state index contributed by atoms with van der Waals surface area (Å²) in [5, 5.41) is 7.06. The van der Waals surface area contributed by atoms with Crippen molar-refractivity contribution in [1.29, 1.82) is 0 Å². The molecule has 0 aliphatic heterocycles. The summed E-state index contributed by atoms with van der Waals surface area (Å²) in [6.45, 7) is 4.92. The number of hydrogen-bond acceptors (Lipinski definition) is 4. The van der Waals surface area contributed by atoms with Crippen LogP contribution in [0.25, 0.3) is 0 Å². The zero-order chi connectivity index (χ0) is 12.8. The van der Waals surface area contributed by atoms with E-state index < -0.39 is 0 Å². The lowest BCUT2D eigenvalue weighted by Crippen LogP contribution is -2.12. The SMILES string of the molecule is C=CCNCc1nc(Cc2ccc(Br)cc2)no1. The molecule has 0 saturated heterocycles. The third-order valence-electron chi connectivity index (χ3n) is 2.35. The third kappa shape index (κ3) is 3.78. The van der Waals surface area contributed by atoms with Crippen LogP contribution in [0.1, 0.15) is 17.3 Å². The Labute approximate surface area is 114 Å². The van der Waals surface area contributed by atoms with Gasteiger partial charge in [0.05, 0.1) is 6.54 Å². The quantitative estimate of drug-likeness (QED) is 0.658. The van der Waals surface area contributed by atoms with Gasteiger partial charge in [-0.2, -0.15) is 4.98 Å². The topological polar surface area (TPSA) is 51.0 Å². The number of nitrogens with zero attached hydrogens (tertiary/aromatic N) is 2. The third-order valence-corrected chi connectivity index (χ3v) is 2.88. The number of rotatable bonds is 6. The lowest BCUT2D eigenvalue weighted by Gasteiger charge is -1.96. The maximum absolute atomic E-state index is 5.14. The van der Waals surface area contributed by atoms with Gasteiger partial charge in [-0.3, -0.25) is 0 Å². The molecule has 18 heavy (non-hydrogen) atoms. The molecule has 0 aliphatic rings. The molecule has 2 aromatic rings. The first-order valence-corrected chi connectivity index (χ1v) is 6.45. The maximum atomic E-state index is 5.14. The molecule has 4 nitrogen and oxygen atoms in total. The van der Waals surface area contributed by atoms with Gasteiger partial charge in [0, 0.05) is 17.4 Å². The molecule has 1 N–H and O–H groups in total. The predicted molar refractivity (Wildman–Crippen MR) is 73.1 cm³/mol. The highest BCUT2D eigenvalue weighted by Gasteiger charge is 2.06. The molecule has 2 rings (SSSR count). The Morgan fingerprint density at radius 1 is 1.33 bits per heavy atom. The Kier molecular flexibility index (Phi) is 4.66. The number of aromatic nitrogens is 2. The van der Waals surface area contributed by atoms with Crippen molar-refractivity contribution in [2.75, 3.05) is 6.54 Å². The van der Waals surface area contributed by atoms with Gasteiger partial charge in [0.25, 0.3) is 0 Å². The molecule has 0 spiro atoms. The van der Waals surface area contributed by atoms with Crippen LogP contribution in [0, 0.1) is 0 Å². The van der Waals surface area contributed by atoms with Crippen LogP contribution in [0.2, 0.25) is 0 Å². The average molecular weight is 308 g/mol. The largest absolute Gasteiger partial charge is 0.338 e. The summed E-state index contributed by atoms with van der Waals surface area (Å²) in [5.41, 5.74) is 1.16. The molecule has 94 valence electrons. The van der Waals surface area contributed by atoms with E-state index in [0.717, 1.165) is 16.6 Å². The Hall–Kier alpha value is -1.46. The zero-order valence-electron chi connectivity index (χ0n) is 9.90. The normalized spacial score (nSPS) is 10.5. The smallest absolute Gasteiger partial charge is 0.240 e. The van der Waals surface area contributed by atoms with Crippen molar-refractivity contribution in [3.63, 3.8) is 0 Å². The van der Waals surface area contributed by atoms with Gasteiger partial charge in [-0.05, 0) is 17.7 Å². The van der Waals surface area contributed by atoms with Crippen molar-refractivity contribution in [3.8, 4) is 0 Å². The van der Waals surface area contributed by atoms with Gasteiger partial charge in [0.1, 0.15) is 0 Å². The molecule has 5 heteroatoms. The summed E-state index contributed by atoms with van der Waals surface area (Å²) in [6, 6.07) is 8.08. The zero-order valence-corrected chi connectivity index (χ0v) is 11.5. The minimum atomic E-state index is 0.569. The fraction of sp³-hybridized carbons (Fsp3) is 0.231. The number of benzene rings is 1. The fourth-order valence-corrected chi connectivity index (χ4v) is 1.76. The fourth-order valence-electron chi connectivity index (χ4n) is 1.50. The second-order valence-corrected chi connectivity index (χ2v) is 4.74. The van der Waals surface area contributed by atoms with Crippen molar-refractivity contribution in [2.45, 2.75) is 13.0 Å².